The summed E-state index contributed by atoms with van der Waals surface area (Å²) in [4.78, 5) is 0. The molecule has 0 N–H and O–H groups in total. The number of aryl methyl sites for hydroxylation is 3. The molecule has 0 saturated carbocycles. The van der Waals surface area contributed by atoms with Crippen LogP contribution in [0.2, 0.25) is 5.02 Å². The average Bonchev–Trinajstić information content (AvgIpc) is 3.28. The lowest BCUT2D eigenvalue weighted by atomic mass is 9.94. The van der Waals surface area contributed by atoms with Gasteiger partial charge in [0.25, 0.3) is 0 Å². The molecular weight excluding hydrogens is 386 g/mol. The zero-order valence-corrected chi connectivity index (χ0v) is 17.0. The van der Waals surface area contributed by atoms with E-state index in [0.717, 1.165) is 52.4 Å². The highest BCUT2D eigenvalue weighted by Gasteiger charge is 2.27. The molecule has 1 aliphatic heterocycles. The van der Waals surface area contributed by atoms with E-state index in [0.29, 0.717) is 5.02 Å². The molecule has 1 atom stereocenters. The van der Waals surface area contributed by atoms with E-state index >= 15 is 0 Å². The van der Waals surface area contributed by atoms with Gasteiger partial charge in [0.15, 0.2) is 0 Å². The summed E-state index contributed by atoms with van der Waals surface area (Å²) in [5.74, 6) is 0.798. The van der Waals surface area contributed by atoms with E-state index in [1.807, 2.05) is 60.0 Å². The number of halogens is 1. The molecule has 0 saturated heterocycles. The molecule has 0 spiro atoms. The number of benzene rings is 2. The number of ether oxygens (including phenoxy) is 1. The molecule has 0 fully saturated rings. The van der Waals surface area contributed by atoms with Gasteiger partial charge >= 0.3 is 0 Å². The van der Waals surface area contributed by atoms with Crippen molar-refractivity contribution in [3.63, 3.8) is 0 Å². The minimum Gasteiger partial charge on any atom is -0.486 e. The maximum absolute atomic E-state index is 6.41. The smallest absolute Gasteiger partial charge is 0.126 e. The monoisotopic (exact) mass is 405 g/mol. The summed E-state index contributed by atoms with van der Waals surface area (Å²) in [5.41, 5.74) is 6.41. The van der Waals surface area contributed by atoms with Crippen LogP contribution in [-0.2, 0) is 13.6 Å². The van der Waals surface area contributed by atoms with Crippen molar-refractivity contribution in [3.8, 4) is 28.1 Å². The van der Waals surface area contributed by atoms with Crippen molar-refractivity contribution in [1.29, 1.82) is 0 Å². The van der Waals surface area contributed by atoms with Crippen LogP contribution in [0.4, 0.5) is 0 Å². The summed E-state index contributed by atoms with van der Waals surface area (Å²) in [6, 6.07) is 14.0. The summed E-state index contributed by atoms with van der Waals surface area (Å²) in [6.45, 7) is 2.74. The summed E-state index contributed by atoms with van der Waals surface area (Å²) in [5, 5.41) is 13.6. The zero-order valence-electron chi connectivity index (χ0n) is 16.2. The summed E-state index contributed by atoms with van der Waals surface area (Å²) in [7, 11) is 1.92. The van der Waals surface area contributed by atoms with Crippen molar-refractivity contribution < 1.29 is 4.74 Å². The Morgan fingerprint density at radius 2 is 1.93 bits per heavy atom. The van der Waals surface area contributed by atoms with Gasteiger partial charge in [-0.25, -0.2) is 4.68 Å². The third-order valence-corrected chi connectivity index (χ3v) is 5.54. The number of aromatic nitrogens is 5. The number of hydrogen-bond donors (Lipinski definition) is 0. The Balaban J connectivity index is 1.62. The standard InChI is InChI=1S/C22H20ClN5O/c1-14-22-19-8-3-15(16-12-24-27(2)13-16)11-20(19)21(9-10-28(22)26-25-14)29-18-6-4-17(23)5-7-18/h3-8,11-13,21H,9-10H2,1-2H3. The lowest BCUT2D eigenvalue weighted by molar-refractivity contribution is 0.189. The Bertz CT molecular complexity index is 1180. The van der Waals surface area contributed by atoms with Gasteiger partial charge in [-0.05, 0) is 42.8 Å². The fourth-order valence-electron chi connectivity index (χ4n) is 3.88. The Morgan fingerprint density at radius 1 is 1.10 bits per heavy atom. The van der Waals surface area contributed by atoms with Crippen molar-refractivity contribution in [1.82, 2.24) is 24.8 Å². The van der Waals surface area contributed by atoms with Gasteiger partial charge in [0.2, 0.25) is 0 Å². The molecule has 0 bridgehead atoms. The molecule has 0 aliphatic carbocycles. The van der Waals surface area contributed by atoms with Crippen LogP contribution in [-0.4, -0.2) is 24.8 Å². The van der Waals surface area contributed by atoms with Crippen LogP contribution in [0.25, 0.3) is 22.4 Å². The van der Waals surface area contributed by atoms with Crippen LogP contribution in [0.15, 0.2) is 54.9 Å². The van der Waals surface area contributed by atoms with E-state index in [1.165, 1.54) is 0 Å². The van der Waals surface area contributed by atoms with E-state index in [1.54, 1.807) is 0 Å². The number of rotatable bonds is 3. The van der Waals surface area contributed by atoms with Crippen LogP contribution < -0.4 is 4.74 Å². The van der Waals surface area contributed by atoms with Crippen molar-refractivity contribution in [2.75, 3.05) is 0 Å². The number of hydrogen-bond acceptors (Lipinski definition) is 4. The molecule has 3 heterocycles. The predicted octanol–water partition coefficient (Wildman–Crippen LogP) is 4.83. The van der Waals surface area contributed by atoms with Crippen molar-refractivity contribution in [2.45, 2.75) is 26.0 Å². The largest absolute Gasteiger partial charge is 0.486 e. The lowest BCUT2D eigenvalue weighted by Gasteiger charge is -2.20. The van der Waals surface area contributed by atoms with Gasteiger partial charge in [-0.3, -0.25) is 4.68 Å². The Hall–Kier alpha value is -3.12. The van der Waals surface area contributed by atoms with Crippen molar-refractivity contribution >= 4 is 11.6 Å². The molecule has 5 rings (SSSR count). The first-order valence-corrected chi connectivity index (χ1v) is 9.92. The summed E-state index contributed by atoms with van der Waals surface area (Å²) >= 11 is 6.03. The Labute approximate surface area is 173 Å². The van der Waals surface area contributed by atoms with Crippen LogP contribution in [0.1, 0.15) is 23.8 Å². The third-order valence-electron chi connectivity index (χ3n) is 5.29. The SMILES string of the molecule is Cc1nnn2c1-c1ccc(-c3cnn(C)c3)cc1C(Oc1ccc(Cl)cc1)CC2. The lowest BCUT2D eigenvalue weighted by Crippen LogP contribution is -2.10. The molecule has 4 aromatic rings. The van der Waals surface area contributed by atoms with E-state index in [2.05, 4.69) is 33.6 Å². The van der Waals surface area contributed by atoms with E-state index in [9.17, 15) is 0 Å². The molecule has 7 heteroatoms. The van der Waals surface area contributed by atoms with E-state index in [-0.39, 0.29) is 6.10 Å². The van der Waals surface area contributed by atoms with Gasteiger partial charge in [-0.1, -0.05) is 28.9 Å². The quantitative estimate of drug-likeness (QED) is 0.489. The highest BCUT2D eigenvalue weighted by molar-refractivity contribution is 6.30. The second kappa shape index (κ2) is 7.04. The van der Waals surface area contributed by atoms with Crippen molar-refractivity contribution in [2.24, 2.45) is 7.05 Å². The van der Waals surface area contributed by atoms with Gasteiger partial charge < -0.3 is 4.74 Å². The normalized spacial score (nSPS) is 15.5. The third kappa shape index (κ3) is 3.29. The van der Waals surface area contributed by atoms with Gasteiger partial charge in [0.05, 0.1) is 17.6 Å². The molecule has 146 valence electrons. The van der Waals surface area contributed by atoms with E-state index < -0.39 is 0 Å². The first-order valence-electron chi connectivity index (χ1n) is 9.54. The highest BCUT2D eigenvalue weighted by atomic mass is 35.5. The molecule has 2 aromatic carbocycles. The summed E-state index contributed by atoms with van der Waals surface area (Å²) in [6.07, 6.45) is 4.58. The average molecular weight is 406 g/mol. The first-order chi connectivity index (χ1) is 14.1. The van der Waals surface area contributed by atoms with E-state index in [4.69, 9.17) is 16.3 Å². The predicted molar refractivity (Wildman–Crippen MR) is 112 cm³/mol. The molecule has 0 amide bonds. The fraction of sp³-hybridized carbons (Fsp3) is 0.227. The zero-order chi connectivity index (χ0) is 20.0. The molecule has 1 unspecified atom stereocenters. The molecular formula is C22H20ClN5O. The van der Waals surface area contributed by atoms with Gasteiger partial charge in [-0.15, -0.1) is 5.10 Å². The summed E-state index contributed by atoms with van der Waals surface area (Å²) < 4.78 is 10.2. The first kappa shape index (κ1) is 17.9. The maximum Gasteiger partial charge on any atom is 0.126 e. The minimum atomic E-state index is -0.108. The molecule has 1 aliphatic rings. The van der Waals surface area contributed by atoms with Crippen LogP contribution >= 0.6 is 11.6 Å². The van der Waals surface area contributed by atoms with Gasteiger partial charge in [-0.2, -0.15) is 5.10 Å². The molecule has 0 radical (unpaired) electrons. The molecule has 29 heavy (non-hydrogen) atoms. The number of fused-ring (bicyclic) bond motifs is 3. The van der Waals surface area contributed by atoms with Crippen LogP contribution in [0.3, 0.4) is 0 Å². The highest BCUT2D eigenvalue weighted by Crippen LogP contribution is 2.39. The fourth-order valence-corrected chi connectivity index (χ4v) is 4.01. The molecule has 2 aromatic heterocycles. The number of nitrogens with zero attached hydrogens (tertiary/aromatic N) is 5. The minimum absolute atomic E-state index is 0.108. The Morgan fingerprint density at radius 3 is 2.69 bits per heavy atom. The Kier molecular flexibility index (Phi) is 4.36. The topological polar surface area (TPSA) is 57.8 Å². The second-order valence-electron chi connectivity index (χ2n) is 7.30. The van der Waals surface area contributed by atoms with Crippen molar-refractivity contribution in [3.05, 3.63) is 71.1 Å². The maximum atomic E-state index is 6.41. The molecule has 6 nitrogen and oxygen atoms in total. The van der Waals surface area contributed by atoms with Gasteiger partial charge in [0.1, 0.15) is 11.9 Å². The van der Waals surface area contributed by atoms with Crippen LogP contribution in [0, 0.1) is 6.92 Å². The van der Waals surface area contributed by atoms with Crippen LogP contribution in [0.5, 0.6) is 5.75 Å². The second-order valence-corrected chi connectivity index (χ2v) is 7.74. The van der Waals surface area contributed by atoms with Gasteiger partial charge in [0, 0.05) is 47.9 Å².